The van der Waals surface area contributed by atoms with Gasteiger partial charge in [-0.3, -0.25) is 4.72 Å². The van der Waals surface area contributed by atoms with E-state index in [1.165, 1.54) is 6.07 Å². The van der Waals surface area contributed by atoms with Crippen molar-refractivity contribution in [3.05, 3.63) is 41.3 Å². The summed E-state index contributed by atoms with van der Waals surface area (Å²) in [5.41, 5.74) is 0.440. The average Bonchev–Trinajstić information content (AvgIpc) is 2.88. The van der Waals surface area contributed by atoms with E-state index in [2.05, 4.69) is 4.72 Å². The first-order chi connectivity index (χ1) is 9.55. The summed E-state index contributed by atoms with van der Waals surface area (Å²) in [6.45, 7) is 2.21. The Labute approximate surface area is 121 Å². The number of rotatable bonds is 6. The van der Waals surface area contributed by atoms with Crippen molar-refractivity contribution >= 4 is 27.0 Å². The molecule has 0 fully saturated rings. The second-order valence-electron chi connectivity index (χ2n) is 3.95. The van der Waals surface area contributed by atoms with Crippen LogP contribution in [0.5, 0.6) is 5.75 Å². The van der Waals surface area contributed by atoms with Gasteiger partial charge in [-0.25, -0.2) is 8.42 Å². The Bertz CT molecular complexity index is 679. The molecule has 2 rings (SSSR count). The second kappa shape index (κ2) is 6.25. The van der Waals surface area contributed by atoms with E-state index in [1.807, 2.05) is 6.92 Å². The van der Waals surface area contributed by atoms with Crippen LogP contribution in [0.1, 0.15) is 11.8 Å². The fourth-order valence-electron chi connectivity index (χ4n) is 1.61. The van der Waals surface area contributed by atoms with Crippen molar-refractivity contribution in [2.24, 2.45) is 0 Å². The fourth-order valence-corrected chi connectivity index (χ4v) is 3.87. The molecule has 20 heavy (non-hydrogen) atoms. The minimum atomic E-state index is -3.63. The molecule has 7 heteroatoms. The van der Waals surface area contributed by atoms with Crippen molar-refractivity contribution in [2.75, 3.05) is 11.3 Å². The standard InChI is InChI=1S/C13H15NO4S2/c1-2-18-11-5-3-4-10(8-11)14-20(16,17)13-7-6-12(9-15)19-13/h3-8,14-15H,2,9H2,1H3. The molecule has 2 aromatic rings. The molecule has 0 aliphatic carbocycles. The first-order valence-corrected chi connectivity index (χ1v) is 8.30. The van der Waals surface area contributed by atoms with Gasteiger partial charge in [-0.1, -0.05) is 6.07 Å². The zero-order chi connectivity index (χ0) is 14.6. The molecule has 1 heterocycles. The zero-order valence-corrected chi connectivity index (χ0v) is 12.5. The highest BCUT2D eigenvalue weighted by Crippen LogP contribution is 2.25. The molecule has 0 atom stereocenters. The minimum absolute atomic E-state index is 0.167. The lowest BCUT2D eigenvalue weighted by atomic mass is 10.3. The van der Waals surface area contributed by atoms with Gasteiger partial charge in [-0.05, 0) is 31.2 Å². The van der Waals surface area contributed by atoms with E-state index in [9.17, 15) is 8.42 Å². The van der Waals surface area contributed by atoms with E-state index in [-0.39, 0.29) is 10.8 Å². The molecule has 0 saturated carbocycles. The lowest BCUT2D eigenvalue weighted by molar-refractivity contribution is 0.285. The number of sulfonamides is 1. The van der Waals surface area contributed by atoms with Crippen LogP contribution in [0.4, 0.5) is 5.69 Å². The van der Waals surface area contributed by atoms with Gasteiger partial charge in [0.05, 0.1) is 18.9 Å². The number of benzene rings is 1. The maximum atomic E-state index is 12.2. The van der Waals surface area contributed by atoms with E-state index < -0.39 is 10.0 Å². The monoisotopic (exact) mass is 313 g/mol. The van der Waals surface area contributed by atoms with Crippen molar-refractivity contribution in [1.29, 1.82) is 0 Å². The molecule has 1 aromatic heterocycles. The van der Waals surface area contributed by atoms with Crippen LogP contribution in [-0.2, 0) is 16.6 Å². The zero-order valence-electron chi connectivity index (χ0n) is 10.9. The Balaban J connectivity index is 2.21. The predicted octanol–water partition coefficient (Wildman–Crippen LogP) is 2.44. The molecule has 0 radical (unpaired) electrons. The van der Waals surface area contributed by atoms with Crippen molar-refractivity contribution in [2.45, 2.75) is 17.7 Å². The summed E-state index contributed by atoms with van der Waals surface area (Å²) in [6, 6.07) is 9.83. The summed E-state index contributed by atoms with van der Waals surface area (Å²) in [7, 11) is -3.63. The lowest BCUT2D eigenvalue weighted by Gasteiger charge is -2.08. The number of aliphatic hydroxyl groups excluding tert-OH is 1. The van der Waals surface area contributed by atoms with E-state index >= 15 is 0 Å². The molecular weight excluding hydrogens is 298 g/mol. The average molecular weight is 313 g/mol. The molecule has 2 N–H and O–H groups in total. The number of hydrogen-bond donors (Lipinski definition) is 2. The molecule has 0 unspecified atom stereocenters. The number of nitrogens with one attached hydrogen (secondary N) is 1. The number of aliphatic hydroxyl groups is 1. The minimum Gasteiger partial charge on any atom is -0.494 e. The summed E-state index contributed by atoms with van der Waals surface area (Å²) < 4.78 is 32.3. The van der Waals surface area contributed by atoms with Crippen LogP contribution in [0.25, 0.3) is 0 Å². The summed E-state index contributed by atoms with van der Waals surface area (Å²) in [6.07, 6.45) is 0. The molecule has 1 aromatic carbocycles. The fraction of sp³-hybridized carbons (Fsp3) is 0.231. The van der Waals surface area contributed by atoms with Crippen molar-refractivity contribution in [3.63, 3.8) is 0 Å². The van der Waals surface area contributed by atoms with Gasteiger partial charge < -0.3 is 9.84 Å². The van der Waals surface area contributed by atoms with E-state index in [1.54, 1.807) is 30.3 Å². The summed E-state index contributed by atoms with van der Waals surface area (Å²) in [5, 5.41) is 8.98. The Hall–Kier alpha value is -1.57. The van der Waals surface area contributed by atoms with Crippen LogP contribution < -0.4 is 9.46 Å². The third-order valence-electron chi connectivity index (χ3n) is 2.45. The molecule has 108 valence electrons. The molecule has 0 amide bonds. The van der Waals surface area contributed by atoms with Crippen molar-refractivity contribution in [3.8, 4) is 5.75 Å². The summed E-state index contributed by atoms with van der Waals surface area (Å²) in [4.78, 5) is 0.605. The largest absolute Gasteiger partial charge is 0.494 e. The second-order valence-corrected chi connectivity index (χ2v) is 7.02. The molecular formula is C13H15NO4S2. The van der Waals surface area contributed by atoms with Crippen LogP contribution in [0.3, 0.4) is 0 Å². The number of thiophene rings is 1. The highest BCUT2D eigenvalue weighted by Gasteiger charge is 2.17. The van der Waals surface area contributed by atoms with Gasteiger partial charge >= 0.3 is 0 Å². The molecule has 0 saturated heterocycles. The van der Waals surface area contributed by atoms with Gasteiger partial charge in [0.2, 0.25) is 0 Å². The maximum absolute atomic E-state index is 12.2. The Morgan fingerprint density at radius 3 is 2.75 bits per heavy atom. The van der Waals surface area contributed by atoms with Gasteiger partial charge in [0.25, 0.3) is 10.0 Å². The van der Waals surface area contributed by atoms with Gasteiger partial charge in [-0.15, -0.1) is 11.3 Å². The van der Waals surface area contributed by atoms with Crippen LogP contribution >= 0.6 is 11.3 Å². The number of anilines is 1. The van der Waals surface area contributed by atoms with Crippen LogP contribution in [0.15, 0.2) is 40.6 Å². The predicted molar refractivity (Wildman–Crippen MR) is 78.7 cm³/mol. The first-order valence-electron chi connectivity index (χ1n) is 6.00. The van der Waals surface area contributed by atoms with E-state index in [0.29, 0.717) is 22.9 Å². The van der Waals surface area contributed by atoms with Crippen LogP contribution in [-0.4, -0.2) is 20.1 Å². The van der Waals surface area contributed by atoms with Crippen molar-refractivity contribution < 1.29 is 18.3 Å². The smallest absolute Gasteiger partial charge is 0.271 e. The first kappa shape index (κ1) is 14.8. The van der Waals surface area contributed by atoms with Gasteiger partial charge in [0.15, 0.2) is 0 Å². The number of hydrogen-bond acceptors (Lipinski definition) is 5. The maximum Gasteiger partial charge on any atom is 0.271 e. The van der Waals surface area contributed by atoms with Gasteiger partial charge in [0, 0.05) is 10.9 Å². The molecule has 0 spiro atoms. The molecule has 0 aliphatic rings. The third kappa shape index (κ3) is 3.50. The summed E-state index contributed by atoms with van der Waals surface area (Å²) >= 11 is 1.04. The summed E-state index contributed by atoms with van der Waals surface area (Å²) in [5.74, 6) is 0.606. The molecule has 0 aliphatic heterocycles. The molecule has 5 nitrogen and oxygen atoms in total. The molecule has 0 bridgehead atoms. The van der Waals surface area contributed by atoms with E-state index in [4.69, 9.17) is 9.84 Å². The Morgan fingerprint density at radius 2 is 2.10 bits per heavy atom. The SMILES string of the molecule is CCOc1cccc(NS(=O)(=O)c2ccc(CO)s2)c1. The quantitative estimate of drug-likeness (QED) is 0.859. The normalized spacial score (nSPS) is 11.3. The highest BCUT2D eigenvalue weighted by molar-refractivity contribution is 7.94. The lowest BCUT2D eigenvalue weighted by Crippen LogP contribution is -2.11. The van der Waals surface area contributed by atoms with Gasteiger partial charge in [0.1, 0.15) is 9.96 Å². The van der Waals surface area contributed by atoms with Crippen LogP contribution in [0.2, 0.25) is 0 Å². The van der Waals surface area contributed by atoms with E-state index in [0.717, 1.165) is 11.3 Å². The Kier molecular flexibility index (Phi) is 4.64. The third-order valence-corrected chi connectivity index (χ3v) is 5.40. The van der Waals surface area contributed by atoms with Crippen LogP contribution in [0, 0.1) is 0 Å². The number of ether oxygens (including phenoxy) is 1. The van der Waals surface area contributed by atoms with Gasteiger partial charge in [-0.2, -0.15) is 0 Å². The topological polar surface area (TPSA) is 75.6 Å². The highest BCUT2D eigenvalue weighted by atomic mass is 32.2. The Morgan fingerprint density at radius 1 is 1.30 bits per heavy atom. The van der Waals surface area contributed by atoms with Crippen molar-refractivity contribution in [1.82, 2.24) is 0 Å².